The van der Waals surface area contributed by atoms with Crippen LogP contribution >= 0.6 is 24.8 Å². The Morgan fingerprint density at radius 3 is 2.44 bits per heavy atom. The van der Waals surface area contributed by atoms with Gasteiger partial charge in [-0.2, -0.15) is 0 Å². The molecule has 3 rings (SSSR count). The predicted octanol–water partition coefficient (Wildman–Crippen LogP) is 2.32. The Hall–Kier alpha value is -0.0700. The molecule has 25 heavy (non-hydrogen) atoms. The lowest BCUT2D eigenvalue weighted by Gasteiger charge is -2.36. The highest BCUT2D eigenvalue weighted by Crippen LogP contribution is 2.33. The van der Waals surface area contributed by atoms with Gasteiger partial charge in [0.05, 0.1) is 18.8 Å². The summed E-state index contributed by atoms with van der Waals surface area (Å²) in [4.78, 5) is 17.3. The van der Waals surface area contributed by atoms with Crippen LogP contribution in [0.3, 0.4) is 0 Å². The van der Waals surface area contributed by atoms with Crippen molar-refractivity contribution in [1.82, 2.24) is 15.1 Å². The first-order valence-electron chi connectivity index (χ1n) is 9.52. The van der Waals surface area contributed by atoms with Crippen molar-refractivity contribution in [1.29, 1.82) is 0 Å². The Bertz CT molecular complexity index is 390. The van der Waals surface area contributed by atoms with E-state index in [1.54, 1.807) is 0 Å². The zero-order valence-electron chi connectivity index (χ0n) is 15.6. The molecule has 3 atom stereocenters. The van der Waals surface area contributed by atoms with Crippen LogP contribution in [0.2, 0.25) is 0 Å². The maximum atomic E-state index is 12.8. The van der Waals surface area contributed by atoms with Crippen molar-refractivity contribution < 1.29 is 9.53 Å². The molecule has 0 aromatic rings. The molecular weight excluding hydrogens is 361 g/mol. The van der Waals surface area contributed by atoms with Gasteiger partial charge in [-0.3, -0.25) is 9.69 Å². The number of hydrogen-bond acceptors (Lipinski definition) is 4. The van der Waals surface area contributed by atoms with E-state index in [0.717, 1.165) is 51.7 Å². The van der Waals surface area contributed by atoms with Gasteiger partial charge in [-0.15, -0.1) is 24.8 Å². The first kappa shape index (κ1) is 23.0. The van der Waals surface area contributed by atoms with Crippen molar-refractivity contribution in [2.24, 2.45) is 5.92 Å². The van der Waals surface area contributed by atoms with Crippen LogP contribution in [0, 0.1) is 5.92 Å². The Kier molecular flexibility index (Phi) is 10.0. The molecule has 0 aromatic carbocycles. The molecule has 5 nitrogen and oxygen atoms in total. The number of fused-ring (bicyclic) bond motifs is 1. The Balaban J connectivity index is 0.00000156. The summed E-state index contributed by atoms with van der Waals surface area (Å²) in [6, 6.07) is 0.686. The lowest BCUT2D eigenvalue weighted by molar-refractivity contribution is -0.135. The van der Waals surface area contributed by atoms with Crippen LogP contribution in [0.25, 0.3) is 0 Å². The molecule has 3 aliphatic rings. The molecule has 0 radical (unpaired) electrons. The van der Waals surface area contributed by atoms with Gasteiger partial charge in [0.2, 0.25) is 5.91 Å². The Morgan fingerprint density at radius 1 is 1.12 bits per heavy atom. The lowest BCUT2D eigenvalue weighted by atomic mass is 9.85. The number of piperazine rings is 1. The van der Waals surface area contributed by atoms with Crippen LogP contribution in [-0.4, -0.2) is 73.2 Å². The van der Waals surface area contributed by atoms with Crippen LogP contribution in [0.1, 0.15) is 46.0 Å². The molecule has 2 aliphatic heterocycles. The smallest absolute Gasteiger partial charge is 0.239 e. The average molecular weight is 396 g/mol. The molecule has 0 spiro atoms. The van der Waals surface area contributed by atoms with Crippen molar-refractivity contribution in [2.75, 3.05) is 39.3 Å². The molecule has 0 bridgehead atoms. The summed E-state index contributed by atoms with van der Waals surface area (Å²) in [6.45, 7) is 9.61. The first-order valence-corrected chi connectivity index (χ1v) is 9.52. The molecule has 7 heteroatoms. The summed E-state index contributed by atoms with van der Waals surface area (Å²) in [5.74, 6) is 1.09. The fourth-order valence-corrected chi connectivity index (χ4v) is 4.34. The van der Waals surface area contributed by atoms with E-state index in [9.17, 15) is 4.79 Å². The van der Waals surface area contributed by atoms with E-state index in [4.69, 9.17) is 4.74 Å². The van der Waals surface area contributed by atoms with E-state index >= 15 is 0 Å². The third-order valence-electron chi connectivity index (χ3n) is 5.70. The van der Waals surface area contributed by atoms with Gasteiger partial charge in [-0.25, -0.2) is 0 Å². The van der Waals surface area contributed by atoms with E-state index in [2.05, 4.69) is 29.0 Å². The Labute approximate surface area is 165 Å². The van der Waals surface area contributed by atoms with Gasteiger partial charge < -0.3 is 15.0 Å². The summed E-state index contributed by atoms with van der Waals surface area (Å²) >= 11 is 0. The van der Waals surface area contributed by atoms with Crippen molar-refractivity contribution in [3.8, 4) is 0 Å². The maximum Gasteiger partial charge on any atom is 0.239 e. The van der Waals surface area contributed by atoms with Gasteiger partial charge in [-0.05, 0) is 39.0 Å². The number of amides is 1. The molecule has 1 N–H and O–H groups in total. The van der Waals surface area contributed by atoms with Crippen LogP contribution in [0.5, 0.6) is 0 Å². The fraction of sp³-hybridized carbons (Fsp3) is 0.944. The third-order valence-corrected chi connectivity index (χ3v) is 5.70. The molecule has 1 aliphatic carbocycles. The fourth-order valence-electron chi connectivity index (χ4n) is 4.34. The number of hydrogen-bond donors (Lipinski definition) is 1. The summed E-state index contributed by atoms with van der Waals surface area (Å²) in [5.41, 5.74) is 0. The molecule has 148 valence electrons. The van der Waals surface area contributed by atoms with Crippen LogP contribution < -0.4 is 5.32 Å². The summed E-state index contributed by atoms with van der Waals surface area (Å²) in [5, 5.41) is 3.62. The Morgan fingerprint density at radius 2 is 1.80 bits per heavy atom. The van der Waals surface area contributed by atoms with Crippen molar-refractivity contribution in [3.05, 3.63) is 0 Å². The number of nitrogens with zero attached hydrogens (tertiary/aromatic N) is 2. The summed E-state index contributed by atoms with van der Waals surface area (Å²) < 4.78 is 5.62. The minimum atomic E-state index is 0. The number of ether oxygens (including phenoxy) is 1. The summed E-state index contributed by atoms with van der Waals surface area (Å²) in [7, 11) is 0. The first-order chi connectivity index (χ1) is 11.1. The second kappa shape index (κ2) is 10.9. The molecule has 2 heterocycles. The zero-order valence-corrected chi connectivity index (χ0v) is 17.2. The monoisotopic (exact) mass is 395 g/mol. The second-order valence-corrected chi connectivity index (χ2v) is 7.69. The topological polar surface area (TPSA) is 44.8 Å². The van der Waals surface area contributed by atoms with Gasteiger partial charge in [0.25, 0.3) is 0 Å². The van der Waals surface area contributed by atoms with Gasteiger partial charge >= 0.3 is 0 Å². The van der Waals surface area contributed by atoms with Crippen LogP contribution in [-0.2, 0) is 9.53 Å². The standard InChI is InChI=1S/C18H33N3O2.2ClH/c1-14(2)23-12-11-20-7-9-21(10-8-20)18(22)17-13-15-5-3-4-6-16(15)19-17;;/h14-17,19H,3-13H2,1-2H3;2*1H. The van der Waals surface area contributed by atoms with Gasteiger partial charge in [0.15, 0.2) is 0 Å². The number of halogens is 2. The molecule has 1 amide bonds. The van der Waals surface area contributed by atoms with Gasteiger partial charge in [0, 0.05) is 38.8 Å². The highest BCUT2D eigenvalue weighted by atomic mass is 35.5. The normalized spacial score (nSPS) is 29.7. The maximum absolute atomic E-state index is 12.8. The van der Waals surface area contributed by atoms with E-state index in [-0.39, 0.29) is 30.9 Å². The lowest BCUT2D eigenvalue weighted by Crippen LogP contribution is -2.53. The van der Waals surface area contributed by atoms with Crippen LogP contribution in [0.15, 0.2) is 0 Å². The average Bonchev–Trinajstić information content (AvgIpc) is 2.98. The second-order valence-electron chi connectivity index (χ2n) is 7.69. The third kappa shape index (κ3) is 6.24. The highest BCUT2D eigenvalue weighted by molar-refractivity contribution is 5.85. The van der Waals surface area contributed by atoms with E-state index in [0.29, 0.717) is 18.1 Å². The molecule has 3 unspecified atom stereocenters. The predicted molar refractivity (Wildman–Crippen MR) is 106 cm³/mol. The molecule has 0 aromatic heterocycles. The molecule has 3 fully saturated rings. The number of carbonyl (C=O) groups excluding carboxylic acids is 1. The quantitative estimate of drug-likeness (QED) is 0.775. The zero-order chi connectivity index (χ0) is 16.2. The van der Waals surface area contributed by atoms with Gasteiger partial charge in [-0.1, -0.05) is 12.8 Å². The largest absolute Gasteiger partial charge is 0.377 e. The molecule has 2 saturated heterocycles. The highest BCUT2D eigenvalue weighted by Gasteiger charge is 2.40. The number of carbonyl (C=O) groups is 1. The van der Waals surface area contributed by atoms with Gasteiger partial charge in [0.1, 0.15) is 0 Å². The van der Waals surface area contributed by atoms with Crippen LogP contribution in [0.4, 0.5) is 0 Å². The number of nitrogens with one attached hydrogen (secondary N) is 1. The summed E-state index contributed by atoms with van der Waals surface area (Å²) in [6.07, 6.45) is 6.61. The molecule has 1 saturated carbocycles. The van der Waals surface area contributed by atoms with Crippen molar-refractivity contribution in [2.45, 2.75) is 64.1 Å². The number of rotatable bonds is 5. The van der Waals surface area contributed by atoms with E-state index < -0.39 is 0 Å². The van der Waals surface area contributed by atoms with Crippen molar-refractivity contribution >= 4 is 30.7 Å². The van der Waals surface area contributed by atoms with E-state index in [1.165, 1.54) is 25.7 Å². The minimum Gasteiger partial charge on any atom is -0.377 e. The SMILES string of the molecule is CC(C)OCCN1CCN(C(=O)C2CC3CCCCC3N2)CC1.Cl.Cl. The minimum absolute atomic E-state index is 0. The van der Waals surface area contributed by atoms with Crippen molar-refractivity contribution in [3.63, 3.8) is 0 Å². The molecular formula is C18H35Cl2N3O2. The van der Waals surface area contributed by atoms with E-state index in [1.807, 2.05) is 0 Å².